The number of ether oxygens (including phenoxy) is 2. The van der Waals surface area contributed by atoms with Gasteiger partial charge in [0.15, 0.2) is 0 Å². The molecular formula is C34H27NO2. The van der Waals surface area contributed by atoms with Crippen LogP contribution in [0.25, 0.3) is 33.9 Å². The van der Waals surface area contributed by atoms with Crippen LogP contribution in [0.1, 0.15) is 41.3 Å². The van der Waals surface area contributed by atoms with Crippen molar-refractivity contribution in [2.45, 2.75) is 24.4 Å². The van der Waals surface area contributed by atoms with Gasteiger partial charge in [0.2, 0.25) is 0 Å². The highest BCUT2D eigenvalue weighted by atomic mass is 16.5. The number of hydrogen-bond acceptors (Lipinski definition) is 3. The number of nitrogens with zero attached hydrogens (tertiary/aromatic N) is 1. The lowest BCUT2D eigenvalue weighted by Crippen LogP contribution is -2.20. The molecule has 5 aromatic rings. The zero-order chi connectivity index (χ0) is 24.8. The third-order valence-corrected chi connectivity index (χ3v) is 7.72. The maximum atomic E-state index is 6.85. The van der Waals surface area contributed by atoms with Crippen LogP contribution in [0.15, 0.2) is 109 Å². The van der Waals surface area contributed by atoms with Crippen molar-refractivity contribution in [2.24, 2.45) is 0 Å². The third-order valence-electron chi connectivity index (χ3n) is 7.72. The molecule has 1 aliphatic heterocycles. The first-order valence-corrected chi connectivity index (χ1v) is 12.8. The summed E-state index contributed by atoms with van der Waals surface area (Å²) in [5, 5.41) is 2.31. The van der Waals surface area contributed by atoms with Crippen LogP contribution < -0.4 is 4.74 Å². The predicted molar refractivity (Wildman–Crippen MR) is 149 cm³/mol. The zero-order valence-corrected chi connectivity index (χ0v) is 20.7. The van der Waals surface area contributed by atoms with E-state index in [4.69, 9.17) is 14.5 Å². The van der Waals surface area contributed by atoms with Crippen LogP contribution in [0.3, 0.4) is 0 Å². The van der Waals surface area contributed by atoms with Crippen LogP contribution in [0.2, 0.25) is 0 Å². The molecule has 0 bridgehead atoms. The monoisotopic (exact) mass is 481 g/mol. The quantitative estimate of drug-likeness (QED) is 0.253. The molecule has 3 nitrogen and oxygen atoms in total. The van der Waals surface area contributed by atoms with E-state index in [2.05, 4.69) is 97.1 Å². The minimum absolute atomic E-state index is 0.0810. The lowest BCUT2D eigenvalue weighted by Gasteiger charge is -2.25. The molecule has 180 valence electrons. The highest BCUT2D eigenvalue weighted by molar-refractivity contribution is 5.91. The number of benzene rings is 4. The molecule has 1 fully saturated rings. The van der Waals surface area contributed by atoms with Gasteiger partial charge in [-0.2, -0.15) is 0 Å². The second kappa shape index (κ2) is 8.63. The van der Waals surface area contributed by atoms with Crippen LogP contribution in [-0.4, -0.2) is 12.1 Å². The molecule has 37 heavy (non-hydrogen) atoms. The molecule has 0 amide bonds. The Kier molecular flexibility index (Phi) is 5.10. The first-order chi connectivity index (χ1) is 18.2. The number of aromatic nitrogens is 1. The Bertz CT molecular complexity index is 1640. The minimum Gasteiger partial charge on any atom is -0.497 e. The first-order valence-electron chi connectivity index (χ1n) is 12.8. The minimum atomic E-state index is -0.181. The number of hydrogen-bond donors (Lipinski definition) is 0. The standard InChI is InChI=1S/C34H27NO2/c1-36-26-16-17-27-25(21-26)22-30(24-12-6-3-7-13-24)35-32(27)34(18-19-34)33-29-15-9-8-14-28(29)31(37-33)20-23-10-4-2-5-11-23/h2-17,20-22,33H,18-19H2,1H3/b31-20+. The van der Waals surface area contributed by atoms with Crippen molar-refractivity contribution in [1.82, 2.24) is 4.98 Å². The molecule has 4 aromatic carbocycles. The van der Waals surface area contributed by atoms with Crippen molar-refractivity contribution in [3.8, 4) is 17.0 Å². The Balaban J connectivity index is 1.40. The van der Waals surface area contributed by atoms with Crippen molar-refractivity contribution >= 4 is 22.6 Å². The Morgan fingerprint density at radius 1 is 0.838 bits per heavy atom. The second-order valence-corrected chi connectivity index (χ2v) is 9.97. The van der Waals surface area contributed by atoms with E-state index in [1.54, 1.807) is 7.11 Å². The summed E-state index contributed by atoms with van der Waals surface area (Å²) in [5.41, 5.74) is 6.59. The normalized spacial score (nSPS) is 18.4. The van der Waals surface area contributed by atoms with Gasteiger partial charge in [-0.15, -0.1) is 0 Å². The maximum Gasteiger partial charge on any atom is 0.136 e. The molecule has 1 aliphatic carbocycles. The molecule has 1 saturated carbocycles. The van der Waals surface area contributed by atoms with E-state index in [1.165, 1.54) is 16.5 Å². The fraction of sp³-hybridized carbons (Fsp3) is 0.147. The van der Waals surface area contributed by atoms with Crippen molar-refractivity contribution in [1.29, 1.82) is 0 Å². The highest BCUT2D eigenvalue weighted by Gasteiger charge is 2.57. The third kappa shape index (κ3) is 3.70. The van der Waals surface area contributed by atoms with Gasteiger partial charge in [-0.1, -0.05) is 84.9 Å². The Labute approximate surface area is 217 Å². The van der Waals surface area contributed by atoms with E-state index in [0.717, 1.165) is 52.3 Å². The van der Waals surface area contributed by atoms with E-state index in [0.29, 0.717) is 0 Å². The number of rotatable bonds is 5. The molecule has 2 aliphatic rings. The number of methoxy groups -OCH3 is 1. The van der Waals surface area contributed by atoms with Crippen molar-refractivity contribution in [3.63, 3.8) is 0 Å². The van der Waals surface area contributed by atoms with E-state index >= 15 is 0 Å². The fourth-order valence-corrected chi connectivity index (χ4v) is 5.68. The maximum absolute atomic E-state index is 6.85. The Morgan fingerprint density at radius 2 is 1.57 bits per heavy atom. The van der Waals surface area contributed by atoms with Crippen LogP contribution in [0.4, 0.5) is 0 Å². The zero-order valence-electron chi connectivity index (χ0n) is 20.7. The Morgan fingerprint density at radius 3 is 2.32 bits per heavy atom. The summed E-state index contributed by atoms with van der Waals surface area (Å²) in [7, 11) is 1.72. The van der Waals surface area contributed by atoms with Crippen LogP contribution in [-0.2, 0) is 10.2 Å². The van der Waals surface area contributed by atoms with Gasteiger partial charge < -0.3 is 9.47 Å². The average Bonchev–Trinajstić information content (AvgIpc) is 3.69. The topological polar surface area (TPSA) is 31.4 Å². The van der Waals surface area contributed by atoms with Crippen molar-refractivity contribution < 1.29 is 9.47 Å². The SMILES string of the molecule is COc1ccc2c(C3(C4O/C(=C/c5ccccc5)c5ccccc54)CC3)nc(-c3ccccc3)cc2c1. The summed E-state index contributed by atoms with van der Waals surface area (Å²) in [6.07, 6.45) is 4.15. The molecule has 0 radical (unpaired) electrons. The lowest BCUT2D eigenvalue weighted by atomic mass is 9.85. The summed E-state index contributed by atoms with van der Waals surface area (Å²) >= 11 is 0. The molecule has 1 atom stereocenters. The molecule has 1 aromatic heterocycles. The van der Waals surface area contributed by atoms with Crippen LogP contribution in [0.5, 0.6) is 5.75 Å². The molecule has 0 spiro atoms. The average molecular weight is 482 g/mol. The fourth-order valence-electron chi connectivity index (χ4n) is 5.68. The van der Waals surface area contributed by atoms with E-state index in [1.807, 2.05) is 18.2 Å². The van der Waals surface area contributed by atoms with Crippen molar-refractivity contribution in [3.05, 3.63) is 132 Å². The number of fused-ring (bicyclic) bond motifs is 2. The van der Waals surface area contributed by atoms with Crippen LogP contribution >= 0.6 is 0 Å². The van der Waals surface area contributed by atoms with Gasteiger partial charge in [-0.25, -0.2) is 0 Å². The van der Waals surface area contributed by atoms with Gasteiger partial charge in [-0.05, 0) is 54.1 Å². The van der Waals surface area contributed by atoms with Gasteiger partial charge in [0, 0.05) is 22.1 Å². The van der Waals surface area contributed by atoms with Gasteiger partial charge in [-0.3, -0.25) is 4.98 Å². The van der Waals surface area contributed by atoms with Gasteiger partial charge >= 0.3 is 0 Å². The molecule has 0 N–H and O–H groups in total. The summed E-state index contributed by atoms with van der Waals surface area (Å²) in [4.78, 5) is 5.35. The summed E-state index contributed by atoms with van der Waals surface area (Å²) in [6, 6.07) is 37.9. The predicted octanol–water partition coefficient (Wildman–Crippen LogP) is 8.21. The van der Waals surface area contributed by atoms with Crippen LogP contribution in [0, 0.1) is 0 Å². The second-order valence-electron chi connectivity index (χ2n) is 9.97. The molecule has 7 rings (SSSR count). The summed E-state index contributed by atoms with van der Waals surface area (Å²) in [5.74, 6) is 1.78. The van der Waals surface area contributed by atoms with Gasteiger partial charge in [0.05, 0.1) is 23.9 Å². The van der Waals surface area contributed by atoms with E-state index in [-0.39, 0.29) is 11.5 Å². The lowest BCUT2D eigenvalue weighted by molar-refractivity contribution is 0.144. The summed E-state index contributed by atoms with van der Waals surface area (Å²) < 4.78 is 12.4. The largest absolute Gasteiger partial charge is 0.497 e. The Hall–Kier alpha value is -4.37. The van der Waals surface area contributed by atoms with Crippen molar-refractivity contribution in [2.75, 3.05) is 7.11 Å². The van der Waals surface area contributed by atoms with E-state index in [9.17, 15) is 0 Å². The molecule has 1 unspecified atom stereocenters. The smallest absolute Gasteiger partial charge is 0.136 e. The van der Waals surface area contributed by atoms with Gasteiger partial charge in [0.25, 0.3) is 0 Å². The first kappa shape index (κ1) is 21.9. The van der Waals surface area contributed by atoms with E-state index < -0.39 is 0 Å². The summed E-state index contributed by atoms with van der Waals surface area (Å²) in [6.45, 7) is 0. The number of pyridine rings is 1. The molecular weight excluding hydrogens is 454 g/mol. The highest BCUT2D eigenvalue weighted by Crippen LogP contribution is 2.62. The van der Waals surface area contributed by atoms with Gasteiger partial charge in [0.1, 0.15) is 17.6 Å². The molecule has 2 heterocycles. The molecule has 3 heteroatoms. The molecule has 0 saturated heterocycles.